The number of thiocarbonyl (C=S) groups is 1. The van der Waals surface area contributed by atoms with Crippen molar-refractivity contribution in [1.29, 1.82) is 0 Å². The van der Waals surface area contributed by atoms with Crippen LogP contribution in [0.15, 0.2) is 36.4 Å². The Morgan fingerprint density at radius 3 is 2.42 bits per heavy atom. The average molecular weight is 368 g/mol. The van der Waals surface area contributed by atoms with E-state index in [1.165, 1.54) is 11.8 Å². The van der Waals surface area contributed by atoms with Crippen LogP contribution < -0.4 is 5.32 Å². The Labute approximate surface area is 148 Å². The Hall–Kier alpha value is -1.73. The van der Waals surface area contributed by atoms with Crippen LogP contribution in [-0.4, -0.2) is 22.3 Å². The zero-order chi connectivity index (χ0) is 17.3. The van der Waals surface area contributed by atoms with Crippen LogP contribution in [-0.2, 0) is 0 Å². The van der Waals surface area contributed by atoms with Crippen LogP contribution in [0.1, 0.15) is 16.5 Å². The summed E-state index contributed by atoms with van der Waals surface area (Å²) in [5, 5.41) is 2.86. The molecule has 1 aliphatic heterocycles. The minimum atomic E-state index is -0.927. The highest BCUT2D eigenvalue weighted by atomic mass is 32.2. The van der Waals surface area contributed by atoms with Gasteiger partial charge in [-0.15, -0.1) is 11.8 Å². The Morgan fingerprint density at radius 1 is 1.17 bits per heavy atom. The predicted molar refractivity (Wildman–Crippen MR) is 95.6 cm³/mol. The number of rotatable bonds is 2. The second-order valence-corrected chi connectivity index (χ2v) is 7.07. The highest BCUT2D eigenvalue weighted by Crippen LogP contribution is 2.40. The number of thioether (sulfide) groups is 1. The SMILES string of the molecule is Cc1ccc(NC(=S)N2CCS[C@H]2c2c(F)cc(F)cc2F)cc1. The van der Waals surface area contributed by atoms with Gasteiger partial charge >= 0.3 is 0 Å². The van der Waals surface area contributed by atoms with Crippen molar-refractivity contribution in [2.75, 3.05) is 17.6 Å². The van der Waals surface area contributed by atoms with Gasteiger partial charge in [-0.25, -0.2) is 13.2 Å². The normalized spacial score (nSPS) is 17.2. The standard InChI is InChI=1S/C17H15F3N2S2/c1-10-2-4-12(5-3-10)21-17(23)22-6-7-24-16(22)15-13(19)8-11(18)9-14(15)20/h2-5,8-9,16H,6-7H2,1H3,(H,21,23)/t16-/m0/s1. The predicted octanol–water partition coefficient (Wildman–Crippen LogP) is 4.86. The number of halogens is 3. The first-order valence-corrected chi connectivity index (χ1v) is 8.82. The zero-order valence-corrected chi connectivity index (χ0v) is 14.5. The minimum Gasteiger partial charge on any atom is -0.333 e. The molecule has 1 fully saturated rings. The van der Waals surface area contributed by atoms with Gasteiger partial charge < -0.3 is 10.2 Å². The van der Waals surface area contributed by atoms with E-state index in [2.05, 4.69) is 5.32 Å². The molecule has 0 unspecified atom stereocenters. The maximum atomic E-state index is 14.1. The summed E-state index contributed by atoms with van der Waals surface area (Å²) in [5.41, 5.74) is 1.77. The smallest absolute Gasteiger partial charge is 0.174 e. The fourth-order valence-electron chi connectivity index (χ4n) is 2.54. The maximum absolute atomic E-state index is 14.1. The molecular formula is C17H15F3N2S2. The van der Waals surface area contributed by atoms with Crippen molar-refractivity contribution in [1.82, 2.24) is 4.90 Å². The monoisotopic (exact) mass is 368 g/mol. The molecule has 0 aromatic heterocycles. The molecule has 1 atom stereocenters. The summed E-state index contributed by atoms with van der Waals surface area (Å²) in [6.45, 7) is 2.54. The van der Waals surface area contributed by atoms with E-state index in [0.717, 1.165) is 11.3 Å². The van der Waals surface area contributed by atoms with Crippen LogP contribution in [0.5, 0.6) is 0 Å². The number of hydrogen-bond donors (Lipinski definition) is 1. The van der Waals surface area contributed by atoms with Crippen molar-refractivity contribution in [3.8, 4) is 0 Å². The van der Waals surface area contributed by atoms with Crippen LogP contribution in [0.4, 0.5) is 18.9 Å². The molecular weight excluding hydrogens is 353 g/mol. The van der Waals surface area contributed by atoms with Crippen molar-refractivity contribution in [2.24, 2.45) is 0 Å². The van der Waals surface area contributed by atoms with E-state index in [0.29, 0.717) is 29.5 Å². The molecule has 2 aromatic carbocycles. The molecule has 0 spiro atoms. The summed E-state index contributed by atoms with van der Waals surface area (Å²) in [4.78, 5) is 1.72. The molecule has 3 rings (SSSR count). The lowest BCUT2D eigenvalue weighted by Gasteiger charge is -2.27. The van der Waals surface area contributed by atoms with Crippen molar-refractivity contribution < 1.29 is 13.2 Å². The summed E-state index contributed by atoms with van der Waals surface area (Å²) in [6.07, 6.45) is 0. The van der Waals surface area contributed by atoms with Crippen molar-refractivity contribution in [3.05, 3.63) is 65.0 Å². The van der Waals surface area contributed by atoms with Crippen LogP contribution in [0, 0.1) is 24.4 Å². The van der Waals surface area contributed by atoms with Gasteiger partial charge in [0.1, 0.15) is 22.8 Å². The average Bonchev–Trinajstić information content (AvgIpc) is 2.98. The fraction of sp³-hybridized carbons (Fsp3) is 0.235. The van der Waals surface area contributed by atoms with E-state index < -0.39 is 22.8 Å². The summed E-state index contributed by atoms with van der Waals surface area (Å²) < 4.78 is 41.3. The lowest BCUT2D eigenvalue weighted by atomic mass is 10.1. The molecule has 1 aliphatic rings. The van der Waals surface area contributed by atoms with E-state index in [1.807, 2.05) is 31.2 Å². The molecule has 2 nitrogen and oxygen atoms in total. The third-order valence-corrected chi connectivity index (χ3v) is 5.31. The highest BCUT2D eigenvalue weighted by Gasteiger charge is 2.33. The van der Waals surface area contributed by atoms with Crippen LogP contribution in [0.2, 0.25) is 0 Å². The maximum Gasteiger partial charge on any atom is 0.174 e. The first-order valence-electron chi connectivity index (χ1n) is 7.36. The third kappa shape index (κ3) is 3.52. The lowest BCUT2D eigenvalue weighted by Crippen LogP contribution is -2.34. The number of anilines is 1. The van der Waals surface area contributed by atoms with E-state index in [4.69, 9.17) is 12.2 Å². The summed E-state index contributed by atoms with van der Waals surface area (Å²) in [6, 6.07) is 9.07. The minimum absolute atomic E-state index is 0.160. The second kappa shape index (κ2) is 7.03. The molecule has 24 heavy (non-hydrogen) atoms. The molecule has 126 valence electrons. The second-order valence-electron chi connectivity index (χ2n) is 5.50. The molecule has 0 radical (unpaired) electrons. The molecule has 1 saturated heterocycles. The number of nitrogens with one attached hydrogen (secondary N) is 1. The van der Waals surface area contributed by atoms with E-state index in [-0.39, 0.29) is 5.56 Å². The quantitative estimate of drug-likeness (QED) is 0.762. The van der Waals surface area contributed by atoms with Crippen LogP contribution in [0.3, 0.4) is 0 Å². The molecule has 1 N–H and O–H groups in total. The molecule has 7 heteroatoms. The number of hydrogen-bond acceptors (Lipinski definition) is 2. The van der Waals surface area contributed by atoms with E-state index in [1.54, 1.807) is 4.90 Å². The van der Waals surface area contributed by atoms with Crippen molar-refractivity contribution in [3.63, 3.8) is 0 Å². The summed E-state index contributed by atoms with van der Waals surface area (Å²) >= 11 is 6.78. The van der Waals surface area contributed by atoms with Crippen LogP contribution >= 0.6 is 24.0 Å². The topological polar surface area (TPSA) is 15.3 Å². The van der Waals surface area contributed by atoms with Gasteiger partial charge in [0.25, 0.3) is 0 Å². The van der Waals surface area contributed by atoms with Gasteiger partial charge in [0.2, 0.25) is 0 Å². The first kappa shape index (κ1) is 17.1. The van der Waals surface area contributed by atoms with Crippen molar-refractivity contribution in [2.45, 2.75) is 12.3 Å². The number of nitrogens with zero attached hydrogens (tertiary/aromatic N) is 1. The third-order valence-electron chi connectivity index (χ3n) is 3.75. The molecule has 0 amide bonds. The molecule has 0 bridgehead atoms. The Balaban J connectivity index is 1.83. The Bertz CT molecular complexity index is 742. The summed E-state index contributed by atoms with van der Waals surface area (Å²) in [7, 11) is 0. The van der Waals surface area contributed by atoms with Gasteiger partial charge in [0.05, 0.1) is 5.56 Å². The van der Waals surface area contributed by atoms with Crippen molar-refractivity contribution >= 4 is 34.8 Å². The highest BCUT2D eigenvalue weighted by molar-refractivity contribution is 7.99. The first-order chi connectivity index (χ1) is 11.5. The molecule has 0 aliphatic carbocycles. The van der Waals surface area contributed by atoms with E-state index >= 15 is 0 Å². The van der Waals surface area contributed by atoms with Crippen LogP contribution in [0.25, 0.3) is 0 Å². The fourth-order valence-corrected chi connectivity index (χ4v) is 4.23. The van der Waals surface area contributed by atoms with Gasteiger partial charge in [-0.3, -0.25) is 0 Å². The number of benzene rings is 2. The largest absolute Gasteiger partial charge is 0.333 e. The molecule has 1 heterocycles. The van der Waals surface area contributed by atoms with Gasteiger partial charge in [0.15, 0.2) is 5.11 Å². The summed E-state index contributed by atoms with van der Waals surface area (Å²) in [5.74, 6) is -2.04. The van der Waals surface area contributed by atoms with Gasteiger partial charge in [0, 0.05) is 30.1 Å². The lowest BCUT2D eigenvalue weighted by molar-refractivity contribution is 0.422. The molecule has 0 saturated carbocycles. The van der Waals surface area contributed by atoms with Gasteiger partial charge in [-0.2, -0.15) is 0 Å². The molecule has 2 aromatic rings. The Morgan fingerprint density at radius 2 is 1.79 bits per heavy atom. The van der Waals surface area contributed by atoms with E-state index in [9.17, 15) is 13.2 Å². The zero-order valence-electron chi connectivity index (χ0n) is 12.9. The Kier molecular flexibility index (Phi) is 5.01. The number of aryl methyl sites for hydroxylation is 1. The van der Waals surface area contributed by atoms with Gasteiger partial charge in [-0.05, 0) is 31.3 Å². The van der Waals surface area contributed by atoms with Gasteiger partial charge in [-0.1, -0.05) is 17.7 Å².